The van der Waals surface area contributed by atoms with Crippen LogP contribution >= 0.6 is 0 Å². The fourth-order valence-corrected chi connectivity index (χ4v) is 8.27. The fraction of sp³-hybridized carbons (Fsp3) is 0.611. The Morgan fingerprint density at radius 2 is 0.497 bits per heavy atom. The van der Waals surface area contributed by atoms with Crippen molar-refractivity contribution >= 4 is 77.6 Å². The van der Waals surface area contributed by atoms with E-state index >= 15 is 0 Å². The second-order valence-corrected chi connectivity index (χ2v) is 30.4. The van der Waals surface area contributed by atoms with Gasteiger partial charge in [0, 0.05) is 89.3 Å². The molecule has 2 N–H and O–H groups in total. The van der Waals surface area contributed by atoms with Crippen LogP contribution in [0.3, 0.4) is 0 Å². The third-order valence-corrected chi connectivity index (χ3v) is 16.7. The molecule has 0 aromatic rings. The number of halogens is 8. The molecule has 0 aliphatic carbocycles. The van der Waals surface area contributed by atoms with E-state index in [2.05, 4.69) is 97.9 Å². The maximum Gasteiger partial charge on any atom is 0.381 e. The van der Waals surface area contributed by atoms with Crippen LogP contribution in [0, 0.1) is 21.7 Å². The molecule has 48 heteroatoms. The van der Waals surface area contributed by atoms with Crippen LogP contribution in [-0.2, 0) is 181 Å². The number of aliphatic hydroxyl groups excluding tert-OH is 2. The largest absolute Gasteiger partial charge is 0.464 e. The standard InChI is InChI=1S/C20H30O8.C19H32O8.C17H32O9.C16H24O6.C12H10F8O4.C11H16O5/c1-6-17(21)26-11-9-24-13-20(8-3,15-28-19(23)16(4)5)14-25-10-12-27-18(22)7-2;1-5-17(20)26-12-10-24-15-19(7-3,14-23-9-8-22-4)16-25-11-13-27-18(21)6-2;1-2-17(19)26-16-15-25-14-13-24-12-11-23-10-9-22-8-7-21-6-5-20-4-3-18;1-7-12(17)20-9-15(3,4)10-22-14(19)16(5,6)11-21-13(18)8-2;1-3-7(21)23-5-9(13,14)11(17,18)12(19,20)10(15,16)6-24-8(22)4-2;1-7(2)10(13)15-5-9(12)6-16-11(14)8(3)4/h6-7H,1-2,4,8-15H2,3,5H3;5-6H,1-2,7-16H2,3-4H3;2,18H,1,3-16H2;7-8H,1-2,9-11H2,3-6H3;3-4H,1-2,5-6H2;9,12H,1,3,5-6H2,2,4H3. The van der Waals surface area contributed by atoms with E-state index < -0.39 is 137 Å². The summed E-state index contributed by atoms with van der Waals surface area (Å²) in [6.07, 6.45) is 8.37. The first kappa shape index (κ1) is 143. The molecule has 0 aliphatic rings. The molecule has 0 bridgehead atoms. The highest BCUT2D eigenvalue weighted by Gasteiger charge is 2.81. The van der Waals surface area contributed by atoms with Crippen molar-refractivity contribution in [2.24, 2.45) is 21.7 Å². The van der Waals surface area contributed by atoms with Gasteiger partial charge in [-0.25, -0.2) is 57.5 Å². The molecule has 0 heterocycles. The van der Waals surface area contributed by atoms with Crippen LogP contribution in [-0.4, -0.2) is 369 Å². The first-order valence-corrected chi connectivity index (χ1v) is 43.6. The molecule has 0 spiro atoms. The number of esters is 13. The van der Waals surface area contributed by atoms with Gasteiger partial charge < -0.3 is 129 Å². The number of ether oxygens (including phenoxy) is 25. The Labute approximate surface area is 829 Å². The Kier molecular flexibility index (Phi) is 85.0. The van der Waals surface area contributed by atoms with Gasteiger partial charge in [0.1, 0.15) is 65.6 Å². The normalized spacial score (nSPS) is 11.2. The maximum absolute atomic E-state index is 13.3. The molecule has 0 amide bonds. The summed E-state index contributed by atoms with van der Waals surface area (Å²) in [6.45, 7) is 58.2. The summed E-state index contributed by atoms with van der Waals surface area (Å²) in [4.78, 5) is 144. The van der Waals surface area contributed by atoms with Gasteiger partial charge >= 0.3 is 101 Å². The minimum Gasteiger partial charge on any atom is -0.464 e. The number of alkyl halides is 8. The van der Waals surface area contributed by atoms with Crippen molar-refractivity contribution in [3.63, 3.8) is 0 Å². The van der Waals surface area contributed by atoms with Gasteiger partial charge in [-0.3, -0.25) is 4.79 Å². The second kappa shape index (κ2) is 85.3. The highest BCUT2D eigenvalue weighted by Crippen LogP contribution is 2.53. The number of rotatable bonds is 79. The average Bonchev–Trinajstić information content (AvgIpc) is 0.738. The zero-order valence-electron chi connectivity index (χ0n) is 83.3. The Morgan fingerprint density at radius 3 is 0.748 bits per heavy atom. The molecule has 0 aliphatic heterocycles. The van der Waals surface area contributed by atoms with Crippen molar-refractivity contribution in [3.05, 3.63) is 150 Å². The monoisotopic (exact) mass is 2080 g/mol. The lowest BCUT2D eigenvalue weighted by atomic mass is 9.88. The van der Waals surface area contributed by atoms with Crippen LogP contribution in [0.1, 0.15) is 75.2 Å². The number of methoxy groups -OCH3 is 1. The summed E-state index contributed by atoms with van der Waals surface area (Å²) in [6, 6.07) is 0. The zero-order chi connectivity index (χ0) is 110. The van der Waals surface area contributed by atoms with E-state index in [0.717, 1.165) is 49.0 Å². The van der Waals surface area contributed by atoms with Gasteiger partial charge in [-0.1, -0.05) is 107 Å². The lowest BCUT2D eigenvalue weighted by Crippen LogP contribution is -2.64. The van der Waals surface area contributed by atoms with Crippen LogP contribution in [0.2, 0.25) is 0 Å². The van der Waals surface area contributed by atoms with E-state index in [1.54, 1.807) is 41.7 Å². The molecule has 0 saturated carbocycles. The highest BCUT2D eigenvalue weighted by molar-refractivity contribution is 5.88. The fourth-order valence-electron chi connectivity index (χ4n) is 8.27. The van der Waals surface area contributed by atoms with Crippen molar-refractivity contribution in [2.75, 3.05) is 252 Å². The van der Waals surface area contributed by atoms with Crippen LogP contribution in [0.25, 0.3) is 0 Å². The third-order valence-electron chi connectivity index (χ3n) is 16.7. The van der Waals surface area contributed by atoms with E-state index in [0.29, 0.717) is 124 Å². The topological polar surface area (TPSA) is 493 Å². The van der Waals surface area contributed by atoms with Crippen LogP contribution in [0.4, 0.5) is 35.1 Å². The number of hydrogen-bond acceptors (Lipinski definition) is 40. The molecule has 0 radical (unpaired) electrons. The first-order valence-electron chi connectivity index (χ1n) is 43.6. The minimum absolute atomic E-state index is 0.0248. The van der Waals surface area contributed by atoms with E-state index in [1.807, 2.05) is 13.8 Å². The molecule has 820 valence electrons. The van der Waals surface area contributed by atoms with Crippen LogP contribution in [0.15, 0.2) is 150 Å². The average molecular weight is 2080 g/mol. The molecule has 0 unspecified atom stereocenters. The SMILES string of the molecule is C=C(C)C(=O)OCC(O)COC(=O)C(=C)C.C=CC(=O)OCC(C)(C)COC(=O)C(C)(C)COC(=O)C=C.C=CC(=O)OCC(F)(F)C(F)(F)C(F)(F)C(F)(F)COC(=O)C=C.C=CC(=O)OCCOCC(CC)(COCCOC(=O)C=C)COC(=O)C(=C)C.C=CC(=O)OCCOCC(CC)(COCCOC)COCCOC(=O)C=C.C=CC(=O)OCCOCCOCCOCCOCCOCCOCCO. The van der Waals surface area contributed by atoms with Crippen LogP contribution < -0.4 is 0 Å². The van der Waals surface area contributed by atoms with Gasteiger partial charge in [0.2, 0.25) is 0 Å². The lowest BCUT2D eigenvalue weighted by molar-refractivity contribution is -0.374. The second-order valence-electron chi connectivity index (χ2n) is 30.4. The summed E-state index contributed by atoms with van der Waals surface area (Å²) in [5, 5.41) is 17.8. The van der Waals surface area contributed by atoms with E-state index in [-0.39, 0.29) is 148 Å². The van der Waals surface area contributed by atoms with E-state index in [1.165, 1.54) is 13.8 Å². The van der Waals surface area contributed by atoms with Crippen molar-refractivity contribution in [1.82, 2.24) is 0 Å². The zero-order valence-corrected chi connectivity index (χ0v) is 83.3. The van der Waals surface area contributed by atoms with Gasteiger partial charge in [0.25, 0.3) is 0 Å². The Hall–Kier alpha value is -11.1. The van der Waals surface area contributed by atoms with E-state index in [9.17, 15) is 103 Å². The summed E-state index contributed by atoms with van der Waals surface area (Å²) in [5.74, 6) is -34.2. The lowest BCUT2D eigenvalue weighted by Gasteiger charge is -2.36. The Balaban J connectivity index is -0.000000396. The molecule has 143 heavy (non-hydrogen) atoms. The van der Waals surface area contributed by atoms with Crippen LogP contribution in [0.5, 0.6) is 0 Å². The molecule has 0 atom stereocenters. The molecule has 0 saturated heterocycles. The van der Waals surface area contributed by atoms with Gasteiger partial charge in [-0.2, -0.15) is 35.1 Å². The maximum atomic E-state index is 13.3. The summed E-state index contributed by atoms with van der Waals surface area (Å²) in [5.41, 5.74) is -1.74. The predicted octanol–water partition coefficient (Wildman–Crippen LogP) is 8.95. The van der Waals surface area contributed by atoms with Crippen molar-refractivity contribution in [3.8, 4) is 0 Å². The summed E-state index contributed by atoms with van der Waals surface area (Å²) < 4.78 is 231. The number of hydrogen-bond donors (Lipinski definition) is 2. The molecule has 0 aromatic carbocycles. The predicted molar refractivity (Wildman–Crippen MR) is 495 cm³/mol. The summed E-state index contributed by atoms with van der Waals surface area (Å²) in [7, 11) is 1.61. The number of carbonyl (C=O) groups excluding carboxylic acids is 13. The molecular weight excluding hydrogens is 1930 g/mol. The van der Waals surface area contributed by atoms with Crippen molar-refractivity contribution in [2.45, 2.75) is 105 Å². The van der Waals surface area contributed by atoms with Gasteiger partial charge in [0.15, 0.2) is 13.2 Å². The first-order chi connectivity index (χ1) is 67.2. The van der Waals surface area contributed by atoms with E-state index in [4.69, 9.17) is 105 Å². The highest BCUT2D eigenvalue weighted by atomic mass is 19.4. The Morgan fingerprint density at radius 1 is 0.280 bits per heavy atom. The molecule has 0 fully saturated rings. The third kappa shape index (κ3) is 76.2. The quantitative estimate of drug-likeness (QED) is 0.0188. The number of carbonyl (C=O) groups is 13. The smallest absolute Gasteiger partial charge is 0.381 e. The number of aliphatic hydroxyl groups is 2. The molecular formula is C95H144F8O40. The minimum atomic E-state index is -6.65. The van der Waals surface area contributed by atoms with Crippen molar-refractivity contribution < 1.29 is 226 Å². The Bertz CT molecular complexity index is 3670. The molecule has 0 rings (SSSR count). The van der Waals surface area contributed by atoms with Crippen molar-refractivity contribution in [1.29, 1.82) is 0 Å². The molecule has 40 nitrogen and oxygen atoms in total. The van der Waals surface area contributed by atoms with Gasteiger partial charge in [-0.15, -0.1) is 0 Å². The van der Waals surface area contributed by atoms with Gasteiger partial charge in [0.05, 0.1) is 183 Å². The summed E-state index contributed by atoms with van der Waals surface area (Å²) >= 11 is 0. The molecule has 0 aromatic heterocycles. The van der Waals surface area contributed by atoms with Gasteiger partial charge in [-0.05, 0) is 47.5 Å².